The zero-order valence-electron chi connectivity index (χ0n) is 12.8. The molecule has 0 aliphatic rings. The molecule has 5 heteroatoms. The predicted molar refractivity (Wildman–Crippen MR) is 81.1 cm³/mol. The van der Waals surface area contributed by atoms with E-state index in [1.54, 1.807) is 0 Å². The minimum Gasteiger partial charge on any atom is -0.353 e. The molecule has 0 saturated heterocycles. The fraction of sp³-hybridized carbons (Fsp3) is 0.714. The van der Waals surface area contributed by atoms with Gasteiger partial charge in [0.2, 0.25) is 0 Å². The van der Waals surface area contributed by atoms with E-state index in [-0.39, 0.29) is 0 Å². The van der Waals surface area contributed by atoms with Crippen molar-refractivity contribution in [2.24, 2.45) is 11.8 Å². The molecule has 0 unspecified atom stereocenters. The zero-order chi connectivity index (χ0) is 14.4. The number of aromatic nitrogens is 2. The third-order valence-corrected chi connectivity index (χ3v) is 3.21. The first-order valence-corrected chi connectivity index (χ1v) is 7.10. The van der Waals surface area contributed by atoms with Crippen molar-refractivity contribution in [2.45, 2.75) is 53.5 Å². The average molecular weight is 265 g/mol. The number of nitrogens with zero attached hydrogens (tertiary/aromatic N) is 3. The number of nitrogens with one attached hydrogen (secondary N) is 1. The van der Waals surface area contributed by atoms with Crippen molar-refractivity contribution in [2.75, 3.05) is 16.9 Å². The molecule has 0 aliphatic heterocycles. The second kappa shape index (κ2) is 7.28. The maximum absolute atomic E-state index is 5.47. The monoisotopic (exact) mass is 265 g/mol. The van der Waals surface area contributed by atoms with Gasteiger partial charge in [0, 0.05) is 18.7 Å². The number of hydrogen-bond donors (Lipinski definition) is 2. The first-order chi connectivity index (χ1) is 9.01. The van der Waals surface area contributed by atoms with Crippen LogP contribution < -0.4 is 16.2 Å². The summed E-state index contributed by atoms with van der Waals surface area (Å²) in [5.74, 6) is 8.43. The minimum atomic E-state index is 0.502. The summed E-state index contributed by atoms with van der Waals surface area (Å²) in [5, 5.41) is 0. The summed E-state index contributed by atoms with van der Waals surface area (Å²) >= 11 is 0. The van der Waals surface area contributed by atoms with Gasteiger partial charge in [-0.2, -0.15) is 0 Å². The quantitative estimate of drug-likeness (QED) is 0.586. The van der Waals surface area contributed by atoms with Crippen molar-refractivity contribution in [3.8, 4) is 0 Å². The van der Waals surface area contributed by atoms with E-state index in [0.717, 1.165) is 31.0 Å². The van der Waals surface area contributed by atoms with Gasteiger partial charge in [0.05, 0.1) is 0 Å². The normalized spacial score (nSPS) is 11.2. The molecule has 1 rings (SSSR count). The van der Waals surface area contributed by atoms with Crippen molar-refractivity contribution in [1.82, 2.24) is 9.97 Å². The Labute approximate surface area is 116 Å². The lowest BCUT2D eigenvalue weighted by Gasteiger charge is -2.33. The van der Waals surface area contributed by atoms with Gasteiger partial charge in [0.25, 0.3) is 0 Å². The molecule has 19 heavy (non-hydrogen) atoms. The Kier molecular flexibility index (Phi) is 6.02. The van der Waals surface area contributed by atoms with Crippen molar-refractivity contribution in [1.29, 1.82) is 0 Å². The largest absolute Gasteiger partial charge is 0.353 e. The fourth-order valence-corrected chi connectivity index (χ4v) is 2.33. The minimum absolute atomic E-state index is 0.502. The number of anilines is 2. The number of aryl methyl sites for hydroxylation is 1. The second-order valence-electron chi connectivity index (χ2n) is 5.32. The van der Waals surface area contributed by atoms with E-state index in [2.05, 4.69) is 48.0 Å². The van der Waals surface area contributed by atoms with Crippen LogP contribution in [0.25, 0.3) is 0 Å². The topological polar surface area (TPSA) is 67.1 Å². The first kappa shape index (κ1) is 15.7. The van der Waals surface area contributed by atoms with Crippen LogP contribution in [0.3, 0.4) is 0 Å². The number of hydrogen-bond acceptors (Lipinski definition) is 5. The summed E-state index contributed by atoms with van der Waals surface area (Å²) in [6.07, 6.45) is 2.22. The lowest BCUT2D eigenvalue weighted by atomic mass is 10.1. The molecule has 0 bridgehead atoms. The van der Waals surface area contributed by atoms with Crippen molar-refractivity contribution >= 4 is 11.6 Å². The van der Waals surface area contributed by atoms with Gasteiger partial charge >= 0.3 is 0 Å². The lowest BCUT2D eigenvalue weighted by Crippen LogP contribution is -2.38. The van der Waals surface area contributed by atoms with Gasteiger partial charge in [-0.05, 0) is 25.7 Å². The summed E-state index contributed by atoms with van der Waals surface area (Å²) in [7, 11) is 0. The summed E-state index contributed by atoms with van der Waals surface area (Å²) < 4.78 is 0. The standard InChI is InChI=1S/C14H27N5/c1-6-12(7-2)19(9-10(3)4)14-8-13(18-15)16-11(5)17-14/h8,10,12H,6-7,9,15H2,1-5H3,(H,16,17,18). The van der Waals surface area contributed by atoms with Crippen molar-refractivity contribution in [3.63, 3.8) is 0 Å². The molecule has 0 saturated carbocycles. The van der Waals surface area contributed by atoms with Crippen molar-refractivity contribution < 1.29 is 0 Å². The smallest absolute Gasteiger partial charge is 0.145 e. The van der Waals surface area contributed by atoms with E-state index >= 15 is 0 Å². The second-order valence-corrected chi connectivity index (χ2v) is 5.32. The highest BCUT2D eigenvalue weighted by atomic mass is 15.3. The molecule has 0 atom stereocenters. The molecule has 3 N–H and O–H groups in total. The SMILES string of the molecule is CCC(CC)N(CC(C)C)c1cc(NN)nc(C)n1. The fourth-order valence-electron chi connectivity index (χ4n) is 2.33. The molecule has 108 valence electrons. The van der Waals surface area contributed by atoms with Crippen LogP contribution in [0.1, 0.15) is 46.4 Å². The molecule has 5 nitrogen and oxygen atoms in total. The van der Waals surface area contributed by atoms with Crippen LogP contribution >= 0.6 is 0 Å². The highest BCUT2D eigenvalue weighted by Gasteiger charge is 2.19. The maximum Gasteiger partial charge on any atom is 0.145 e. The van der Waals surface area contributed by atoms with Gasteiger partial charge in [0.1, 0.15) is 17.5 Å². The van der Waals surface area contributed by atoms with Gasteiger partial charge in [-0.25, -0.2) is 15.8 Å². The van der Waals surface area contributed by atoms with E-state index in [9.17, 15) is 0 Å². The number of rotatable bonds is 7. The molecule has 0 amide bonds. The number of nitrogen functional groups attached to an aromatic ring is 1. The summed E-state index contributed by atoms with van der Waals surface area (Å²) in [5.41, 5.74) is 2.61. The average Bonchev–Trinajstić information content (AvgIpc) is 2.37. The van der Waals surface area contributed by atoms with Crippen molar-refractivity contribution in [3.05, 3.63) is 11.9 Å². The lowest BCUT2D eigenvalue weighted by molar-refractivity contribution is 0.502. The van der Waals surface area contributed by atoms with Crippen LogP contribution in [-0.4, -0.2) is 22.6 Å². The molecule has 0 aromatic carbocycles. The molecular weight excluding hydrogens is 238 g/mol. The van der Waals surface area contributed by atoms with Crippen LogP contribution in [-0.2, 0) is 0 Å². The van der Waals surface area contributed by atoms with Gasteiger partial charge < -0.3 is 10.3 Å². The van der Waals surface area contributed by atoms with E-state index in [1.165, 1.54) is 0 Å². The summed E-state index contributed by atoms with van der Waals surface area (Å²) in [6, 6.07) is 2.43. The Balaban J connectivity index is 3.11. The number of nitrogens with two attached hydrogens (primary N) is 1. The Hall–Kier alpha value is -1.36. The molecule has 0 aliphatic carbocycles. The first-order valence-electron chi connectivity index (χ1n) is 7.10. The van der Waals surface area contributed by atoms with Crippen LogP contribution in [0.2, 0.25) is 0 Å². The molecule has 1 aromatic rings. The predicted octanol–water partition coefficient (Wildman–Crippen LogP) is 2.72. The highest BCUT2D eigenvalue weighted by Crippen LogP contribution is 2.22. The molecular formula is C14H27N5. The highest BCUT2D eigenvalue weighted by molar-refractivity contribution is 5.49. The Morgan fingerprint density at radius 1 is 1.26 bits per heavy atom. The van der Waals surface area contributed by atoms with Gasteiger partial charge in [-0.15, -0.1) is 0 Å². The molecule has 0 spiro atoms. The Morgan fingerprint density at radius 2 is 1.89 bits per heavy atom. The summed E-state index contributed by atoms with van der Waals surface area (Å²) in [4.78, 5) is 11.2. The van der Waals surface area contributed by atoms with Crippen LogP contribution in [0, 0.1) is 12.8 Å². The Morgan fingerprint density at radius 3 is 2.37 bits per heavy atom. The third kappa shape index (κ3) is 4.35. The van der Waals surface area contributed by atoms with Crippen LogP contribution in [0.5, 0.6) is 0 Å². The zero-order valence-corrected chi connectivity index (χ0v) is 12.8. The van der Waals surface area contributed by atoms with Crippen LogP contribution in [0.15, 0.2) is 6.07 Å². The molecule has 0 fully saturated rings. The van der Waals surface area contributed by atoms with E-state index in [0.29, 0.717) is 17.8 Å². The number of hydrazine groups is 1. The van der Waals surface area contributed by atoms with Gasteiger partial charge in [0.15, 0.2) is 0 Å². The van der Waals surface area contributed by atoms with Gasteiger partial charge in [-0.3, -0.25) is 0 Å². The Bertz CT molecular complexity index is 387. The van der Waals surface area contributed by atoms with E-state index in [1.807, 2.05) is 13.0 Å². The molecule has 1 aromatic heterocycles. The summed E-state index contributed by atoms with van der Waals surface area (Å²) in [6.45, 7) is 11.8. The van der Waals surface area contributed by atoms with Crippen LogP contribution in [0.4, 0.5) is 11.6 Å². The maximum atomic E-state index is 5.47. The van der Waals surface area contributed by atoms with E-state index in [4.69, 9.17) is 5.84 Å². The third-order valence-electron chi connectivity index (χ3n) is 3.21. The van der Waals surface area contributed by atoms with Gasteiger partial charge in [-0.1, -0.05) is 27.7 Å². The molecule has 1 heterocycles. The molecule has 0 radical (unpaired) electrons. The van der Waals surface area contributed by atoms with E-state index < -0.39 is 0 Å².